The van der Waals surface area contributed by atoms with Gasteiger partial charge in [-0.1, -0.05) is 0 Å². The Hall–Kier alpha value is -1.11. The number of benzene rings is 1. The Morgan fingerprint density at radius 1 is 1.45 bits per heavy atom. The molecular weight excluding hydrogens is 276 g/mol. The summed E-state index contributed by atoms with van der Waals surface area (Å²) in [4.78, 5) is 2.44. The molecule has 1 heterocycles. The summed E-state index contributed by atoms with van der Waals surface area (Å²) < 4.78 is 28.4. The van der Waals surface area contributed by atoms with Crippen molar-refractivity contribution in [2.24, 2.45) is 5.14 Å². The molecule has 0 saturated heterocycles. The number of rotatable bonds is 5. The molecule has 0 amide bonds. The number of sulfonamides is 1. The minimum absolute atomic E-state index is 0.184. The highest BCUT2D eigenvalue weighted by Crippen LogP contribution is 2.33. The first kappa shape index (κ1) is 15.3. The van der Waals surface area contributed by atoms with Gasteiger partial charge in [0.15, 0.2) is 0 Å². The van der Waals surface area contributed by atoms with Crippen molar-refractivity contribution in [1.82, 2.24) is 0 Å². The molecule has 1 unspecified atom stereocenters. The van der Waals surface area contributed by atoms with Crippen LogP contribution in [0.2, 0.25) is 0 Å². The van der Waals surface area contributed by atoms with Gasteiger partial charge in [-0.2, -0.15) is 0 Å². The highest BCUT2D eigenvalue weighted by atomic mass is 32.2. The van der Waals surface area contributed by atoms with E-state index in [1.165, 1.54) is 0 Å². The van der Waals surface area contributed by atoms with Gasteiger partial charge in [-0.05, 0) is 51.0 Å². The lowest BCUT2D eigenvalue weighted by Gasteiger charge is -2.25. The van der Waals surface area contributed by atoms with Gasteiger partial charge in [0.1, 0.15) is 0 Å². The summed E-state index contributed by atoms with van der Waals surface area (Å²) in [5, 5.41) is 5.17. The van der Waals surface area contributed by atoms with E-state index in [2.05, 4.69) is 11.8 Å². The zero-order valence-corrected chi connectivity index (χ0v) is 13.0. The predicted octanol–water partition coefficient (Wildman–Crippen LogP) is 1.51. The molecule has 0 bridgehead atoms. The summed E-state index contributed by atoms with van der Waals surface area (Å²) in [7, 11) is -3.63. The van der Waals surface area contributed by atoms with Crippen molar-refractivity contribution in [3.8, 4) is 0 Å². The van der Waals surface area contributed by atoms with Crippen LogP contribution in [-0.2, 0) is 21.2 Å². The number of ether oxygens (including phenoxy) is 1. The smallest absolute Gasteiger partial charge is 0.238 e. The molecule has 20 heavy (non-hydrogen) atoms. The Labute approximate surface area is 120 Å². The minimum Gasteiger partial charge on any atom is -0.377 e. The molecule has 6 heteroatoms. The van der Waals surface area contributed by atoms with Gasteiger partial charge in [0, 0.05) is 18.3 Å². The van der Waals surface area contributed by atoms with Crippen molar-refractivity contribution >= 4 is 15.7 Å². The maximum atomic E-state index is 11.4. The lowest BCUT2D eigenvalue weighted by molar-refractivity contribution is 0.0835. The Bertz CT molecular complexity index is 584. The third kappa shape index (κ3) is 3.31. The summed E-state index contributed by atoms with van der Waals surface area (Å²) in [6.07, 6.45) is 1.05. The second-order valence-corrected chi connectivity index (χ2v) is 7.06. The third-order valence-electron chi connectivity index (χ3n) is 3.52. The molecule has 112 valence electrons. The molecule has 0 radical (unpaired) electrons. The fourth-order valence-electron chi connectivity index (χ4n) is 2.58. The van der Waals surface area contributed by atoms with Crippen molar-refractivity contribution < 1.29 is 13.2 Å². The molecule has 0 aromatic heterocycles. The van der Waals surface area contributed by atoms with Crippen LogP contribution in [0.25, 0.3) is 0 Å². The van der Waals surface area contributed by atoms with Crippen LogP contribution in [0, 0.1) is 0 Å². The number of primary sulfonamides is 1. The van der Waals surface area contributed by atoms with Gasteiger partial charge < -0.3 is 9.64 Å². The van der Waals surface area contributed by atoms with Crippen LogP contribution >= 0.6 is 0 Å². The maximum absolute atomic E-state index is 11.4. The number of hydrogen-bond acceptors (Lipinski definition) is 4. The molecule has 0 aliphatic carbocycles. The van der Waals surface area contributed by atoms with E-state index in [1.54, 1.807) is 12.1 Å². The molecular formula is C14H22N2O3S. The Morgan fingerprint density at radius 3 is 2.75 bits per heavy atom. The van der Waals surface area contributed by atoms with Gasteiger partial charge in [-0.3, -0.25) is 0 Å². The van der Waals surface area contributed by atoms with E-state index < -0.39 is 10.0 Å². The number of hydrogen-bond donors (Lipinski definition) is 1. The third-order valence-corrected chi connectivity index (χ3v) is 4.43. The highest BCUT2D eigenvalue weighted by Gasteiger charge is 2.26. The summed E-state index contributed by atoms with van der Waals surface area (Å²) in [5.74, 6) is 0. The number of fused-ring (bicyclic) bond motifs is 1. The highest BCUT2D eigenvalue weighted by molar-refractivity contribution is 7.89. The fourth-order valence-corrected chi connectivity index (χ4v) is 3.14. The molecule has 2 rings (SSSR count). The summed E-state index contributed by atoms with van der Waals surface area (Å²) >= 11 is 0. The largest absolute Gasteiger partial charge is 0.377 e. The number of nitrogens with zero attached hydrogens (tertiary/aromatic N) is 1. The monoisotopic (exact) mass is 298 g/mol. The molecule has 0 saturated carbocycles. The first-order chi connectivity index (χ1) is 9.29. The van der Waals surface area contributed by atoms with Gasteiger partial charge in [-0.15, -0.1) is 0 Å². The van der Waals surface area contributed by atoms with Crippen LogP contribution in [0.5, 0.6) is 0 Å². The van der Waals surface area contributed by atoms with Crippen LogP contribution in [0.4, 0.5) is 5.69 Å². The fraction of sp³-hybridized carbons (Fsp3) is 0.571. The zero-order chi connectivity index (χ0) is 14.9. The predicted molar refractivity (Wildman–Crippen MR) is 79.4 cm³/mol. The van der Waals surface area contributed by atoms with E-state index >= 15 is 0 Å². The van der Waals surface area contributed by atoms with E-state index in [4.69, 9.17) is 9.88 Å². The van der Waals surface area contributed by atoms with Crippen LogP contribution in [-0.4, -0.2) is 33.7 Å². The lowest BCUT2D eigenvalue weighted by atomic mass is 10.1. The molecule has 1 atom stereocenters. The van der Waals surface area contributed by atoms with Crippen molar-refractivity contribution in [2.75, 3.05) is 18.1 Å². The van der Waals surface area contributed by atoms with Crippen molar-refractivity contribution in [1.29, 1.82) is 0 Å². The van der Waals surface area contributed by atoms with Gasteiger partial charge in [0.25, 0.3) is 0 Å². The maximum Gasteiger partial charge on any atom is 0.238 e. The van der Waals surface area contributed by atoms with Gasteiger partial charge in [0.05, 0.1) is 17.6 Å². The lowest BCUT2D eigenvalue weighted by Crippen LogP contribution is -2.33. The van der Waals surface area contributed by atoms with E-state index in [0.29, 0.717) is 12.6 Å². The van der Waals surface area contributed by atoms with Crippen molar-refractivity contribution in [3.05, 3.63) is 23.8 Å². The SMILES string of the molecule is CC(C)OCCN1c2ccc(S(N)(=O)=O)cc2CC1C. The summed E-state index contributed by atoms with van der Waals surface area (Å²) in [6.45, 7) is 7.63. The second kappa shape index (κ2) is 5.71. The molecule has 0 fully saturated rings. The standard InChI is InChI=1S/C14H22N2O3S/c1-10(2)19-7-6-16-11(3)8-12-9-13(20(15,17)18)4-5-14(12)16/h4-5,9-11H,6-8H2,1-3H3,(H2,15,17,18). The molecule has 1 aromatic carbocycles. The summed E-state index contributed by atoms with van der Waals surface area (Å²) in [6, 6.07) is 5.44. The Morgan fingerprint density at radius 2 is 2.15 bits per heavy atom. The van der Waals surface area contributed by atoms with Gasteiger partial charge in [0.2, 0.25) is 10.0 Å². The van der Waals surface area contributed by atoms with Crippen LogP contribution in [0.1, 0.15) is 26.3 Å². The molecule has 1 aromatic rings. The minimum atomic E-state index is -3.63. The molecule has 1 aliphatic rings. The average molecular weight is 298 g/mol. The zero-order valence-electron chi connectivity index (χ0n) is 12.2. The molecule has 0 spiro atoms. The molecule has 1 aliphatic heterocycles. The summed E-state index contributed by atoms with van der Waals surface area (Å²) in [5.41, 5.74) is 2.12. The van der Waals surface area contributed by atoms with Crippen molar-refractivity contribution in [2.45, 2.75) is 44.2 Å². The van der Waals surface area contributed by atoms with Crippen molar-refractivity contribution in [3.63, 3.8) is 0 Å². The number of nitrogens with two attached hydrogens (primary N) is 1. The quantitative estimate of drug-likeness (QED) is 0.894. The average Bonchev–Trinajstić information content (AvgIpc) is 2.63. The normalized spacial score (nSPS) is 18.6. The number of anilines is 1. The van der Waals surface area contributed by atoms with Crippen LogP contribution < -0.4 is 10.0 Å². The van der Waals surface area contributed by atoms with Crippen LogP contribution in [0.3, 0.4) is 0 Å². The second-order valence-electron chi connectivity index (χ2n) is 5.50. The van der Waals surface area contributed by atoms with E-state index in [0.717, 1.165) is 24.2 Å². The van der Waals surface area contributed by atoms with E-state index in [1.807, 2.05) is 19.9 Å². The Kier molecular flexibility index (Phi) is 4.36. The topological polar surface area (TPSA) is 72.6 Å². The Balaban J connectivity index is 2.17. The first-order valence-corrected chi connectivity index (χ1v) is 8.37. The van der Waals surface area contributed by atoms with E-state index in [9.17, 15) is 8.42 Å². The molecule has 2 N–H and O–H groups in total. The van der Waals surface area contributed by atoms with Crippen LogP contribution in [0.15, 0.2) is 23.1 Å². The van der Waals surface area contributed by atoms with Gasteiger partial charge in [-0.25, -0.2) is 13.6 Å². The first-order valence-electron chi connectivity index (χ1n) is 6.83. The van der Waals surface area contributed by atoms with E-state index in [-0.39, 0.29) is 11.0 Å². The van der Waals surface area contributed by atoms with Gasteiger partial charge >= 0.3 is 0 Å². The molecule has 5 nitrogen and oxygen atoms in total.